The molecule has 0 bridgehead atoms. The number of methoxy groups -OCH3 is 1. The highest BCUT2D eigenvalue weighted by atomic mass is 32.1. The van der Waals surface area contributed by atoms with Gasteiger partial charge in [0, 0.05) is 38.3 Å². The van der Waals surface area contributed by atoms with Crippen molar-refractivity contribution in [2.45, 2.75) is 47.0 Å². The molecule has 0 aliphatic carbocycles. The molecular formula is C18H31N3O3S. The first-order chi connectivity index (χ1) is 11.7. The second-order valence-electron chi connectivity index (χ2n) is 7.62. The van der Waals surface area contributed by atoms with Gasteiger partial charge in [-0.05, 0) is 24.2 Å². The van der Waals surface area contributed by atoms with E-state index in [1.807, 2.05) is 0 Å². The van der Waals surface area contributed by atoms with E-state index in [2.05, 4.69) is 38.0 Å². The lowest BCUT2D eigenvalue weighted by atomic mass is 9.84. The Labute approximate surface area is 155 Å². The number of carbonyl (C=O) groups is 2. The zero-order valence-corrected chi connectivity index (χ0v) is 16.8. The van der Waals surface area contributed by atoms with Gasteiger partial charge in [-0.1, -0.05) is 27.7 Å². The molecule has 1 heterocycles. The maximum atomic E-state index is 12.7. The highest BCUT2D eigenvalue weighted by molar-refractivity contribution is 7.13. The van der Waals surface area contributed by atoms with Gasteiger partial charge < -0.3 is 15.0 Å². The summed E-state index contributed by atoms with van der Waals surface area (Å²) in [5, 5.41) is 5.08. The molecule has 6 nitrogen and oxygen atoms in total. The van der Waals surface area contributed by atoms with Gasteiger partial charge in [0.2, 0.25) is 11.8 Å². The summed E-state index contributed by atoms with van der Waals surface area (Å²) in [7, 11) is 1.63. The van der Waals surface area contributed by atoms with E-state index >= 15 is 0 Å². The van der Waals surface area contributed by atoms with Gasteiger partial charge >= 0.3 is 0 Å². The fourth-order valence-corrected chi connectivity index (χ4v) is 3.40. The highest BCUT2D eigenvalue weighted by Gasteiger charge is 2.22. The predicted molar refractivity (Wildman–Crippen MR) is 102 cm³/mol. The van der Waals surface area contributed by atoms with E-state index in [0.29, 0.717) is 31.1 Å². The smallest absolute Gasteiger partial charge is 0.245 e. The molecule has 1 unspecified atom stereocenters. The van der Waals surface area contributed by atoms with Gasteiger partial charge in [-0.3, -0.25) is 9.59 Å². The summed E-state index contributed by atoms with van der Waals surface area (Å²) in [4.78, 5) is 30.5. The van der Waals surface area contributed by atoms with Crippen LogP contribution in [0.4, 0.5) is 5.13 Å². The monoisotopic (exact) mass is 369 g/mol. The van der Waals surface area contributed by atoms with Crippen molar-refractivity contribution in [1.29, 1.82) is 0 Å². The summed E-state index contributed by atoms with van der Waals surface area (Å²) in [6, 6.07) is 0. The van der Waals surface area contributed by atoms with E-state index in [-0.39, 0.29) is 29.7 Å². The van der Waals surface area contributed by atoms with E-state index in [0.717, 1.165) is 6.42 Å². The van der Waals surface area contributed by atoms with Crippen LogP contribution in [0.15, 0.2) is 11.6 Å². The standard InChI is InChI=1S/C18H31N3O3S/c1-14(12-18(2,3)4)11-16(23)21(8-6-9-24-5)13-15(22)20-17-19-7-10-25-17/h7,10,14H,6,8-9,11-13H2,1-5H3,(H,19,20,22). The zero-order valence-electron chi connectivity index (χ0n) is 16.0. The normalized spacial score (nSPS) is 12.7. The number of nitrogens with zero attached hydrogens (tertiary/aromatic N) is 2. The lowest BCUT2D eigenvalue weighted by Gasteiger charge is -2.26. The van der Waals surface area contributed by atoms with Gasteiger partial charge in [-0.15, -0.1) is 11.3 Å². The summed E-state index contributed by atoms with van der Waals surface area (Å²) in [5.41, 5.74) is 0.183. The van der Waals surface area contributed by atoms with Crippen molar-refractivity contribution in [2.24, 2.45) is 11.3 Å². The van der Waals surface area contributed by atoms with Crippen LogP contribution in [0, 0.1) is 11.3 Å². The largest absolute Gasteiger partial charge is 0.385 e. The fourth-order valence-electron chi connectivity index (χ4n) is 2.85. The number of hydrogen-bond acceptors (Lipinski definition) is 5. The zero-order chi connectivity index (χ0) is 18.9. The third kappa shape index (κ3) is 9.55. The number of carbonyl (C=O) groups excluding carboxylic acids is 2. The molecule has 1 aromatic heterocycles. The molecule has 0 aromatic carbocycles. The van der Waals surface area contributed by atoms with Crippen LogP contribution in [0.1, 0.15) is 47.0 Å². The highest BCUT2D eigenvalue weighted by Crippen LogP contribution is 2.26. The van der Waals surface area contributed by atoms with Crippen molar-refractivity contribution in [3.63, 3.8) is 0 Å². The Morgan fingerprint density at radius 1 is 1.40 bits per heavy atom. The van der Waals surface area contributed by atoms with Crippen LogP contribution in [0.2, 0.25) is 0 Å². The maximum absolute atomic E-state index is 12.7. The molecule has 0 fully saturated rings. The van der Waals surface area contributed by atoms with Crippen molar-refractivity contribution in [2.75, 3.05) is 32.1 Å². The van der Waals surface area contributed by atoms with Crippen LogP contribution in [-0.2, 0) is 14.3 Å². The number of amides is 2. The molecule has 1 atom stereocenters. The molecule has 1 rings (SSSR count). The quantitative estimate of drug-likeness (QED) is 0.642. The number of thiazole rings is 1. The summed E-state index contributed by atoms with van der Waals surface area (Å²) in [5.74, 6) is 0.0748. The molecule has 7 heteroatoms. The first-order valence-electron chi connectivity index (χ1n) is 8.67. The van der Waals surface area contributed by atoms with E-state index in [9.17, 15) is 9.59 Å². The molecule has 1 N–H and O–H groups in total. The first-order valence-corrected chi connectivity index (χ1v) is 9.55. The first kappa shape index (κ1) is 21.6. The number of rotatable bonds is 10. The molecule has 1 aromatic rings. The molecule has 0 spiro atoms. The lowest BCUT2D eigenvalue weighted by Crippen LogP contribution is -2.39. The molecule has 0 aliphatic rings. The molecule has 142 valence electrons. The Bertz CT molecular complexity index is 526. The number of hydrogen-bond donors (Lipinski definition) is 1. The van der Waals surface area contributed by atoms with Crippen LogP contribution >= 0.6 is 11.3 Å². The van der Waals surface area contributed by atoms with Crippen molar-refractivity contribution < 1.29 is 14.3 Å². The van der Waals surface area contributed by atoms with Gasteiger partial charge in [0.1, 0.15) is 0 Å². The Hall–Kier alpha value is -1.47. The number of ether oxygens (including phenoxy) is 1. The Morgan fingerprint density at radius 2 is 2.12 bits per heavy atom. The van der Waals surface area contributed by atoms with Crippen molar-refractivity contribution in [3.05, 3.63) is 11.6 Å². The van der Waals surface area contributed by atoms with E-state index in [1.54, 1.807) is 23.6 Å². The summed E-state index contributed by atoms with van der Waals surface area (Å²) in [6.07, 6.45) is 3.77. The number of nitrogens with one attached hydrogen (secondary N) is 1. The van der Waals surface area contributed by atoms with Gasteiger partial charge in [-0.2, -0.15) is 0 Å². The number of aromatic nitrogens is 1. The Morgan fingerprint density at radius 3 is 2.68 bits per heavy atom. The van der Waals surface area contributed by atoms with Crippen LogP contribution in [0.3, 0.4) is 0 Å². The van der Waals surface area contributed by atoms with E-state index in [1.165, 1.54) is 11.3 Å². The van der Waals surface area contributed by atoms with Crippen LogP contribution in [-0.4, -0.2) is 48.5 Å². The second kappa shape index (κ2) is 10.5. The van der Waals surface area contributed by atoms with Crippen molar-refractivity contribution in [1.82, 2.24) is 9.88 Å². The molecule has 0 saturated carbocycles. The molecule has 0 aliphatic heterocycles. The molecular weight excluding hydrogens is 338 g/mol. The summed E-state index contributed by atoms with van der Waals surface area (Å²) >= 11 is 1.36. The molecule has 0 saturated heterocycles. The van der Waals surface area contributed by atoms with Crippen LogP contribution in [0.25, 0.3) is 0 Å². The van der Waals surface area contributed by atoms with E-state index in [4.69, 9.17) is 4.74 Å². The second-order valence-corrected chi connectivity index (χ2v) is 8.52. The Balaban J connectivity index is 2.60. The van der Waals surface area contributed by atoms with E-state index < -0.39 is 0 Å². The maximum Gasteiger partial charge on any atom is 0.245 e. The minimum absolute atomic E-state index is 0.0159. The summed E-state index contributed by atoms with van der Waals surface area (Å²) < 4.78 is 5.06. The van der Waals surface area contributed by atoms with Crippen LogP contribution < -0.4 is 5.32 Å². The lowest BCUT2D eigenvalue weighted by molar-refractivity contribution is -0.135. The minimum Gasteiger partial charge on any atom is -0.385 e. The van der Waals surface area contributed by atoms with Crippen LogP contribution in [0.5, 0.6) is 0 Å². The van der Waals surface area contributed by atoms with Gasteiger partial charge in [0.05, 0.1) is 6.54 Å². The average Bonchev–Trinajstić information content (AvgIpc) is 2.97. The SMILES string of the molecule is COCCCN(CC(=O)Nc1nccs1)C(=O)CC(C)CC(C)(C)C. The van der Waals surface area contributed by atoms with Crippen molar-refractivity contribution >= 4 is 28.3 Å². The molecule has 0 radical (unpaired) electrons. The Kier molecular flexibility index (Phi) is 9.06. The topological polar surface area (TPSA) is 71.5 Å². The fraction of sp³-hybridized carbons (Fsp3) is 0.722. The average molecular weight is 370 g/mol. The predicted octanol–water partition coefficient (Wildman–Crippen LogP) is 3.41. The van der Waals surface area contributed by atoms with Crippen molar-refractivity contribution in [3.8, 4) is 0 Å². The number of anilines is 1. The van der Waals surface area contributed by atoms with Gasteiger partial charge in [0.15, 0.2) is 5.13 Å². The minimum atomic E-state index is -0.218. The summed E-state index contributed by atoms with van der Waals surface area (Å²) in [6.45, 7) is 9.73. The molecule has 2 amide bonds. The third-order valence-corrected chi connectivity index (χ3v) is 4.31. The van der Waals surface area contributed by atoms with Gasteiger partial charge in [-0.25, -0.2) is 4.98 Å². The van der Waals surface area contributed by atoms with Gasteiger partial charge in [0.25, 0.3) is 0 Å². The third-order valence-electron chi connectivity index (χ3n) is 3.63. The molecule has 25 heavy (non-hydrogen) atoms.